The van der Waals surface area contributed by atoms with Crippen LogP contribution in [0, 0.1) is 0 Å². The van der Waals surface area contributed by atoms with E-state index in [0.29, 0.717) is 0 Å². The number of carbonyl (C=O) groups excluding carboxylic acids is 1. The van der Waals surface area contributed by atoms with Crippen LogP contribution in [0.25, 0.3) is 0 Å². The quantitative estimate of drug-likeness (QED) is 0.374. The van der Waals surface area contributed by atoms with Crippen molar-refractivity contribution < 1.29 is 26.6 Å². The Morgan fingerprint density at radius 3 is 2.45 bits per heavy atom. The number of aliphatic hydroxyl groups excluding tert-OH is 4. The van der Waals surface area contributed by atoms with Crippen LogP contribution in [0.3, 0.4) is 0 Å². The van der Waals surface area contributed by atoms with E-state index in [1.807, 2.05) is 0 Å². The first kappa shape index (κ1) is 8.61. The molecule has 0 aliphatic carbocycles. The number of rotatable bonds is 4. The highest BCUT2D eigenvalue weighted by Gasteiger charge is 2.26. The number of hydrogen-bond donors (Lipinski definition) is 4. The van der Waals surface area contributed by atoms with Crippen molar-refractivity contribution in [3.63, 3.8) is 0 Å². The van der Waals surface area contributed by atoms with Crippen LogP contribution < -0.4 is 0 Å². The number of Topliss-reactive ketones (excluding diaryl/α,β-unsaturated/α-hetero) is 1. The van der Waals surface area contributed by atoms with Gasteiger partial charge in [-0.05, 0) is 6.90 Å². The molecule has 0 heterocycles. The van der Waals surface area contributed by atoms with Crippen molar-refractivity contribution in [2.45, 2.75) is 25.2 Å². The van der Waals surface area contributed by atoms with Crippen LogP contribution in [0.4, 0.5) is 0 Å². The van der Waals surface area contributed by atoms with E-state index in [1.54, 1.807) is 0 Å². The lowest BCUT2D eigenvalue weighted by Crippen LogP contribution is -2.42. The molecule has 0 aromatic rings. The van der Waals surface area contributed by atoms with Crippen molar-refractivity contribution in [1.82, 2.24) is 0 Å². The molecule has 3 atom stereocenters. The normalized spacial score (nSPS) is 20.2. The molecule has 5 nitrogen and oxygen atoms in total. The minimum absolute atomic E-state index is 0.670. The fraction of sp³-hybridized carbons (Fsp3) is 0.833. The highest BCUT2D eigenvalue weighted by atomic mass is 16.4. The van der Waals surface area contributed by atoms with Crippen LogP contribution in [0.5, 0.6) is 0 Å². The van der Waals surface area contributed by atoms with E-state index in [1.165, 1.54) is 0 Å². The van der Waals surface area contributed by atoms with Crippen LogP contribution in [0.15, 0.2) is 0 Å². The van der Waals surface area contributed by atoms with Crippen LogP contribution in [-0.4, -0.2) is 51.1 Å². The van der Waals surface area contributed by atoms with E-state index in [2.05, 4.69) is 0 Å². The summed E-state index contributed by atoms with van der Waals surface area (Å²) >= 11 is 0. The number of hydrogen-bond acceptors (Lipinski definition) is 5. The largest absolute Gasteiger partial charge is 0.394 e. The van der Waals surface area contributed by atoms with Gasteiger partial charge in [-0.25, -0.2) is 0 Å². The molecule has 0 radical (unpaired) electrons. The molecule has 0 fully saturated rings. The van der Waals surface area contributed by atoms with Crippen LogP contribution in [-0.2, 0) is 4.79 Å². The van der Waals surface area contributed by atoms with Gasteiger partial charge >= 0.3 is 0 Å². The predicted octanol–water partition coefficient (Wildman–Crippen LogP) is -2.35. The molecule has 0 aromatic heterocycles. The third-order valence-electron chi connectivity index (χ3n) is 1.23. The van der Waals surface area contributed by atoms with E-state index in [4.69, 9.17) is 21.8 Å². The lowest BCUT2D eigenvalue weighted by atomic mass is 10.1. The molecule has 0 aliphatic heterocycles. The minimum Gasteiger partial charge on any atom is -0.394 e. The molecule has 4 N–H and O–H groups in total. The summed E-state index contributed by atoms with van der Waals surface area (Å²) in [7, 11) is 0. The van der Waals surface area contributed by atoms with E-state index < -0.39 is 37.6 Å². The smallest absolute Gasteiger partial charge is 0.160 e. The minimum atomic E-state index is -1.80. The summed E-state index contributed by atoms with van der Waals surface area (Å²) in [5.41, 5.74) is 0. The van der Waals surface area contributed by atoms with Gasteiger partial charge in [0.25, 0.3) is 0 Å². The Bertz CT molecular complexity index is 151. The van der Waals surface area contributed by atoms with Gasteiger partial charge in [0.05, 0.1) is 6.61 Å². The number of aliphatic hydroxyl groups is 4. The van der Waals surface area contributed by atoms with Crippen LogP contribution >= 0.6 is 0 Å². The molecule has 66 valence electrons. The van der Waals surface area contributed by atoms with Gasteiger partial charge < -0.3 is 20.4 Å². The summed E-state index contributed by atoms with van der Waals surface area (Å²) in [4.78, 5) is 10.6. The van der Waals surface area contributed by atoms with Crippen molar-refractivity contribution in [2.24, 2.45) is 0 Å². The Morgan fingerprint density at radius 1 is 1.55 bits per heavy atom. The maximum absolute atomic E-state index is 10.6. The zero-order valence-corrected chi connectivity index (χ0v) is 5.84. The molecular formula is C6H12O5. The average Bonchev–Trinajstić information content (AvgIpc) is 2.12. The molecule has 0 saturated heterocycles. The highest BCUT2D eigenvalue weighted by molar-refractivity contribution is 5.80. The zero-order chi connectivity index (χ0) is 9.72. The van der Waals surface area contributed by atoms with E-state index in [0.717, 1.165) is 0 Å². The first-order valence-electron chi connectivity index (χ1n) is 3.72. The molecule has 5 heteroatoms. The van der Waals surface area contributed by atoms with E-state index in [9.17, 15) is 4.79 Å². The first-order valence-corrected chi connectivity index (χ1v) is 3.01. The predicted molar refractivity (Wildman–Crippen MR) is 35.8 cm³/mol. The molecule has 11 heavy (non-hydrogen) atoms. The lowest BCUT2D eigenvalue weighted by molar-refractivity contribution is -0.137. The van der Waals surface area contributed by atoms with Gasteiger partial charge in [-0.2, -0.15) is 0 Å². The van der Waals surface area contributed by atoms with Gasteiger partial charge in [0.2, 0.25) is 0 Å². The number of ketones is 1. The van der Waals surface area contributed by atoms with Gasteiger partial charge in [-0.15, -0.1) is 0 Å². The van der Waals surface area contributed by atoms with Crippen molar-refractivity contribution in [3.05, 3.63) is 0 Å². The third kappa shape index (κ3) is 2.94. The van der Waals surface area contributed by atoms with Crippen LogP contribution in [0.1, 0.15) is 8.27 Å². The van der Waals surface area contributed by atoms with Gasteiger partial charge in [0.15, 0.2) is 5.78 Å². The summed E-state index contributed by atoms with van der Waals surface area (Å²) in [6.45, 7) is -1.42. The maximum Gasteiger partial charge on any atom is 0.160 e. The standard InChI is InChI=1S/C6H12O5/c1-3(8)5(10)6(11)4(9)2-7/h4-7,9-11H,2H2,1H3/t4-,5-,6-/m1/s1/i1D. The fourth-order valence-corrected chi connectivity index (χ4v) is 0.509. The molecule has 0 rings (SSSR count). The van der Waals surface area contributed by atoms with Gasteiger partial charge in [0, 0.05) is 1.37 Å². The van der Waals surface area contributed by atoms with Gasteiger partial charge in [0.1, 0.15) is 18.3 Å². The molecule has 0 unspecified atom stereocenters. The Morgan fingerprint density at radius 2 is 2.09 bits per heavy atom. The SMILES string of the molecule is [2H]CC(=O)[C@@H](O)[C@H](O)[C@H](O)CO. The third-order valence-corrected chi connectivity index (χ3v) is 1.23. The Labute approximate surface area is 65.3 Å². The van der Waals surface area contributed by atoms with E-state index in [-0.39, 0.29) is 0 Å². The topological polar surface area (TPSA) is 98.0 Å². The summed E-state index contributed by atoms with van der Waals surface area (Å²) in [6.07, 6.45) is -5.09. The van der Waals surface area contributed by atoms with Crippen molar-refractivity contribution in [2.75, 3.05) is 6.61 Å². The summed E-state index contributed by atoms with van der Waals surface area (Å²) in [5, 5.41) is 34.9. The van der Waals surface area contributed by atoms with Gasteiger partial charge in [-0.3, -0.25) is 4.79 Å². The summed E-state index contributed by atoms with van der Waals surface area (Å²) in [5.74, 6) is -0.894. The first-order chi connectivity index (χ1) is 5.54. The average molecular weight is 165 g/mol. The lowest BCUT2D eigenvalue weighted by Gasteiger charge is -2.18. The second kappa shape index (κ2) is 4.40. The Kier molecular flexibility index (Phi) is 3.44. The molecular weight excluding hydrogens is 152 g/mol. The zero-order valence-electron chi connectivity index (χ0n) is 6.84. The Balaban J connectivity index is 4.08. The van der Waals surface area contributed by atoms with Gasteiger partial charge in [-0.1, -0.05) is 0 Å². The number of carbonyl (C=O) groups is 1. The molecule has 0 amide bonds. The molecule has 0 aliphatic rings. The maximum atomic E-state index is 10.6. The molecule has 0 bridgehead atoms. The van der Waals surface area contributed by atoms with Crippen molar-refractivity contribution in [1.29, 1.82) is 0 Å². The van der Waals surface area contributed by atoms with Crippen molar-refractivity contribution >= 4 is 5.78 Å². The highest BCUT2D eigenvalue weighted by Crippen LogP contribution is 2.00. The Hall–Kier alpha value is -0.490. The monoisotopic (exact) mass is 165 g/mol. The fourth-order valence-electron chi connectivity index (χ4n) is 0.509. The van der Waals surface area contributed by atoms with E-state index >= 15 is 0 Å². The second-order valence-corrected chi connectivity index (χ2v) is 2.15. The molecule has 0 saturated carbocycles. The molecule has 0 spiro atoms. The van der Waals surface area contributed by atoms with Crippen molar-refractivity contribution in [3.8, 4) is 0 Å². The summed E-state index contributed by atoms with van der Waals surface area (Å²) < 4.78 is 6.57. The summed E-state index contributed by atoms with van der Waals surface area (Å²) in [6, 6.07) is 0. The second-order valence-electron chi connectivity index (χ2n) is 2.15. The van der Waals surface area contributed by atoms with Crippen LogP contribution in [0.2, 0.25) is 0 Å². The molecule has 0 aromatic carbocycles.